The van der Waals surface area contributed by atoms with Gasteiger partial charge in [-0.3, -0.25) is 0 Å². The van der Waals surface area contributed by atoms with Crippen LogP contribution in [0.3, 0.4) is 0 Å². The highest BCUT2D eigenvalue weighted by Crippen LogP contribution is 2.42. The van der Waals surface area contributed by atoms with Crippen molar-refractivity contribution in [2.45, 2.75) is 52.8 Å². The Morgan fingerprint density at radius 2 is 1.56 bits per heavy atom. The van der Waals surface area contributed by atoms with Gasteiger partial charge in [0, 0.05) is 61.6 Å². The minimum Gasteiger partial charge on any atom is -0.493 e. The Labute approximate surface area is 302 Å². The number of benzene rings is 3. The lowest BCUT2D eigenvalue weighted by molar-refractivity contribution is -0.0206. The fourth-order valence-electron chi connectivity index (χ4n) is 6.97. The fourth-order valence-corrected chi connectivity index (χ4v) is 6.97. The first-order chi connectivity index (χ1) is 25.0. The van der Waals surface area contributed by atoms with Crippen LogP contribution in [0.1, 0.15) is 39.7 Å². The summed E-state index contributed by atoms with van der Waals surface area (Å²) in [7, 11) is 0. The molecule has 3 atom stereocenters. The van der Waals surface area contributed by atoms with E-state index in [0.717, 1.165) is 55.1 Å². The van der Waals surface area contributed by atoms with Gasteiger partial charge in [0.1, 0.15) is 42.0 Å². The van der Waals surface area contributed by atoms with E-state index < -0.39 is 17.2 Å². The maximum Gasteiger partial charge on any atom is 0.350 e. The highest BCUT2D eigenvalue weighted by atomic mass is 19.1. The molecule has 2 aliphatic heterocycles. The number of halogens is 2. The van der Waals surface area contributed by atoms with Crippen LogP contribution in [0.4, 0.5) is 20.2 Å². The van der Waals surface area contributed by atoms with E-state index in [1.807, 2.05) is 24.3 Å². The summed E-state index contributed by atoms with van der Waals surface area (Å²) in [5.74, 6) is -0.224. The Kier molecular flexibility index (Phi) is 9.88. The molecule has 274 valence electrons. The third-order valence-electron chi connectivity index (χ3n) is 10.6. The molecule has 0 N–H and O–H groups in total. The van der Waals surface area contributed by atoms with Gasteiger partial charge in [0.15, 0.2) is 0 Å². The van der Waals surface area contributed by atoms with Crippen LogP contribution in [0.2, 0.25) is 0 Å². The zero-order chi connectivity index (χ0) is 36.5. The van der Waals surface area contributed by atoms with E-state index in [1.54, 1.807) is 26.6 Å². The number of hydrogen-bond acceptors (Lipinski definition) is 8. The lowest BCUT2D eigenvalue weighted by Crippen LogP contribution is -2.46. The van der Waals surface area contributed by atoms with Crippen molar-refractivity contribution in [3.63, 3.8) is 0 Å². The minimum atomic E-state index is -1.01. The van der Waals surface area contributed by atoms with Crippen LogP contribution in [0, 0.1) is 28.9 Å². The first-order valence-electron chi connectivity index (χ1n) is 17.9. The maximum absolute atomic E-state index is 15.0. The third kappa shape index (κ3) is 7.59. The summed E-state index contributed by atoms with van der Waals surface area (Å²) >= 11 is 0. The molecule has 2 fully saturated rings. The second-order valence-electron chi connectivity index (χ2n) is 15.1. The molecule has 2 unspecified atom stereocenters. The zero-order valence-electron chi connectivity index (χ0n) is 30.2. The fraction of sp³-hybridized carbons (Fsp3) is 0.436. The van der Waals surface area contributed by atoms with Crippen molar-refractivity contribution in [1.29, 1.82) is 0 Å². The molecule has 2 aliphatic rings. The van der Waals surface area contributed by atoms with Gasteiger partial charge in [-0.1, -0.05) is 33.8 Å². The number of rotatable bonds is 11. The molecule has 52 heavy (non-hydrogen) atoms. The first kappa shape index (κ1) is 35.4. The van der Waals surface area contributed by atoms with Gasteiger partial charge in [0.2, 0.25) is 0 Å². The number of hydrogen-bond donors (Lipinski definition) is 0. The second kappa shape index (κ2) is 14.5. The predicted octanol–water partition coefficient (Wildman–Crippen LogP) is 5.92. The Balaban J connectivity index is 0.914. The second-order valence-corrected chi connectivity index (χ2v) is 15.1. The van der Waals surface area contributed by atoms with Gasteiger partial charge in [0.05, 0.1) is 25.4 Å². The largest absolute Gasteiger partial charge is 0.493 e. The smallest absolute Gasteiger partial charge is 0.350 e. The van der Waals surface area contributed by atoms with Crippen molar-refractivity contribution >= 4 is 11.4 Å². The molecule has 0 aliphatic carbocycles. The van der Waals surface area contributed by atoms with Crippen LogP contribution in [0.5, 0.6) is 5.75 Å². The molecule has 4 heterocycles. The average Bonchev–Trinajstić information content (AvgIpc) is 3.89. The SMILES string of the molecule is CC(Cn1ncn(-c2ccc(N3CCN(c4ccc(OC[C@H]5COC(Cn6cncn6)(c6ccc(F)cc6F)C5)cc4)CC3)cc2)c1=O)C(C)(C)C. The van der Waals surface area contributed by atoms with Crippen LogP contribution in [0.25, 0.3) is 5.69 Å². The van der Waals surface area contributed by atoms with Crippen LogP contribution < -0.4 is 20.2 Å². The summed E-state index contributed by atoms with van der Waals surface area (Å²) in [6.45, 7) is 13.8. The molecule has 2 saturated heterocycles. The molecule has 0 amide bonds. The van der Waals surface area contributed by atoms with E-state index in [9.17, 15) is 13.6 Å². The van der Waals surface area contributed by atoms with Crippen molar-refractivity contribution < 1.29 is 18.3 Å². The topological polar surface area (TPSA) is 95.5 Å². The number of nitrogens with zero attached hydrogens (tertiary/aromatic N) is 8. The first-order valence-corrected chi connectivity index (χ1v) is 17.9. The van der Waals surface area contributed by atoms with E-state index in [0.29, 0.717) is 37.7 Å². The van der Waals surface area contributed by atoms with Crippen molar-refractivity contribution in [3.05, 3.63) is 113 Å². The average molecular weight is 713 g/mol. The highest BCUT2D eigenvalue weighted by Gasteiger charge is 2.44. The van der Waals surface area contributed by atoms with Crippen molar-refractivity contribution in [1.82, 2.24) is 29.1 Å². The van der Waals surface area contributed by atoms with E-state index in [4.69, 9.17) is 9.47 Å². The lowest BCUT2D eigenvalue weighted by Gasteiger charge is -2.37. The van der Waals surface area contributed by atoms with E-state index in [2.05, 4.69) is 76.9 Å². The molecule has 5 aromatic rings. The van der Waals surface area contributed by atoms with Gasteiger partial charge in [0.25, 0.3) is 0 Å². The summed E-state index contributed by atoms with van der Waals surface area (Å²) in [6, 6.07) is 19.8. The monoisotopic (exact) mass is 712 g/mol. The molecule has 0 saturated carbocycles. The van der Waals surface area contributed by atoms with Gasteiger partial charge in [-0.2, -0.15) is 10.2 Å². The third-order valence-corrected chi connectivity index (χ3v) is 10.6. The standard InChI is InChI=1S/C39H46F2N8O3/c1-28(38(2,3)4)21-49-37(50)48(27-44-49)33-8-6-31(7-9-33)45-15-17-46(18-16-45)32-10-12-34(13-11-32)51-22-29-20-39(52-23-29,24-47-26-42-25-43-47)35-14-5-30(40)19-36(35)41/h5-14,19,25-29H,15-18,20-24H2,1-4H3/t28?,29-,39?/m0/s1. The summed E-state index contributed by atoms with van der Waals surface area (Å²) in [5.41, 5.74) is 2.31. The van der Waals surface area contributed by atoms with Crippen LogP contribution in [0.15, 0.2) is 90.5 Å². The zero-order valence-corrected chi connectivity index (χ0v) is 30.2. The van der Waals surface area contributed by atoms with Gasteiger partial charge < -0.3 is 19.3 Å². The summed E-state index contributed by atoms with van der Waals surface area (Å²) in [5, 5.41) is 8.56. The van der Waals surface area contributed by atoms with Gasteiger partial charge in [-0.25, -0.2) is 32.5 Å². The molecule has 11 nitrogen and oxygen atoms in total. The molecule has 2 aromatic heterocycles. The van der Waals surface area contributed by atoms with Gasteiger partial charge in [-0.05, 0) is 72.4 Å². The number of anilines is 2. The quantitative estimate of drug-likeness (QED) is 0.167. The summed E-state index contributed by atoms with van der Waals surface area (Å²) < 4.78 is 45.9. The number of aromatic nitrogens is 6. The van der Waals surface area contributed by atoms with Crippen LogP contribution in [-0.4, -0.2) is 68.5 Å². The van der Waals surface area contributed by atoms with Gasteiger partial charge in [-0.15, -0.1) is 0 Å². The Morgan fingerprint density at radius 3 is 2.17 bits per heavy atom. The Bertz CT molecular complexity index is 2000. The van der Waals surface area contributed by atoms with Crippen molar-refractivity contribution in [2.75, 3.05) is 49.2 Å². The number of ether oxygens (including phenoxy) is 2. The maximum atomic E-state index is 15.0. The minimum absolute atomic E-state index is 0.00397. The summed E-state index contributed by atoms with van der Waals surface area (Å²) in [4.78, 5) is 21.8. The normalized spacial score (nSPS) is 20.0. The predicted molar refractivity (Wildman–Crippen MR) is 195 cm³/mol. The van der Waals surface area contributed by atoms with Gasteiger partial charge >= 0.3 is 5.69 Å². The van der Waals surface area contributed by atoms with E-state index in [-0.39, 0.29) is 23.6 Å². The molecule has 7 rings (SSSR count). The van der Waals surface area contributed by atoms with Crippen LogP contribution in [-0.2, 0) is 23.4 Å². The summed E-state index contributed by atoms with van der Waals surface area (Å²) in [6.07, 6.45) is 5.08. The highest BCUT2D eigenvalue weighted by molar-refractivity contribution is 5.54. The van der Waals surface area contributed by atoms with Crippen LogP contribution >= 0.6 is 0 Å². The molecule has 0 bridgehead atoms. The van der Waals surface area contributed by atoms with Crippen molar-refractivity contribution in [3.8, 4) is 11.4 Å². The van der Waals surface area contributed by atoms with Crippen molar-refractivity contribution in [2.24, 2.45) is 17.3 Å². The number of piperazine rings is 1. The molecule has 0 spiro atoms. The lowest BCUT2D eigenvalue weighted by atomic mass is 9.82. The molecule has 13 heteroatoms. The Morgan fingerprint density at radius 1 is 0.904 bits per heavy atom. The molecular weight excluding hydrogens is 666 g/mol. The molecular formula is C39H46F2N8O3. The molecule has 3 aromatic carbocycles. The van der Waals surface area contributed by atoms with E-state index in [1.165, 1.54) is 18.5 Å². The Hall–Kier alpha value is -5.04. The molecule has 0 radical (unpaired) electrons. The van der Waals surface area contributed by atoms with E-state index >= 15 is 0 Å².